The van der Waals surface area contributed by atoms with Crippen LogP contribution in [0.15, 0.2) is 11.9 Å². The van der Waals surface area contributed by atoms with Crippen LogP contribution < -0.4 is 0 Å². The summed E-state index contributed by atoms with van der Waals surface area (Å²) < 4.78 is 12.5. The van der Waals surface area contributed by atoms with E-state index in [1.54, 1.807) is 0 Å². The molecule has 2 heteroatoms. The molecule has 1 N–H and O–H groups in total. The molecule has 0 saturated carbocycles. The van der Waals surface area contributed by atoms with Crippen molar-refractivity contribution in [2.45, 2.75) is 20.0 Å². The zero-order chi connectivity index (χ0) is 8.15. The molecule has 0 rings (SSSR count). The minimum absolute atomic E-state index is 0.0722. The fourth-order valence-electron chi connectivity index (χ4n) is 0.489. The van der Waals surface area contributed by atoms with Crippen molar-refractivity contribution >= 4 is 0 Å². The number of allylic oxidation sites excluding steroid dienone is 1. The van der Waals surface area contributed by atoms with Gasteiger partial charge in [-0.05, 0) is 12.0 Å². The molecule has 0 saturated heterocycles. The van der Waals surface area contributed by atoms with E-state index >= 15 is 0 Å². The molecule has 1 unspecified atom stereocenters. The third kappa shape index (κ3) is 3.26. The summed E-state index contributed by atoms with van der Waals surface area (Å²) in [6.45, 7) is 3.62. The molecule has 0 aliphatic rings. The molecule has 10 heavy (non-hydrogen) atoms. The van der Waals surface area contributed by atoms with Gasteiger partial charge in [0.15, 0.2) is 6.10 Å². The average molecular weight is 142 g/mol. The second-order valence-electron chi connectivity index (χ2n) is 2.36. The van der Waals surface area contributed by atoms with E-state index in [4.69, 9.17) is 11.5 Å². The van der Waals surface area contributed by atoms with Gasteiger partial charge in [0.1, 0.15) is 5.83 Å². The molecule has 0 radical (unpaired) electrons. The summed E-state index contributed by atoms with van der Waals surface area (Å²) >= 11 is 0. The molecule has 1 nitrogen and oxygen atoms in total. The SMILES string of the molecule is C#CC(O)/C(F)=C/C(C)C. The zero-order valence-corrected chi connectivity index (χ0v) is 6.13. The molecule has 0 spiro atoms. The summed E-state index contributed by atoms with van der Waals surface area (Å²) in [5, 5.41) is 8.70. The van der Waals surface area contributed by atoms with Gasteiger partial charge >= 0.3 is 0 Å². The van der Waals surface area contributed by atoms with Gasteiger partial charge in [0.05, 0.1) is 0 Å². The summed E-state index contributed by atoms with van der Waals surface area (Å²) in [5.74, 6) is 1.31. The lowest BCUT2D eigenvalue weighted by atomic mass is 10.1. The second kappa shape index (κ2) is 4.08. The molecule has 0 heterocycles. The van der Waals surface area contributed by atoms with E-state index < -0.39 is 11.9 Å². The third-order valence-corrected chi connectivity index (χ3v) is 0.912. The van der Waals surface area contributed by atoms with Crippen LogP contribution in [0.4, 0.5) is 4.39 Å². The fraction of sp³-hybridized carbons (Fsp3) is 0.500. The smallest absolute Gasteiger partial charge is 0.165 e. The molecule has 0 amide bonds. The topological polar surface area (TPSA) is 20.2 Å². The lowest BCUT2D eigenvalue weighted by Crippen LogP contribution is -2.03. The van der Waals surface area contributed by atoms with Gasteiger partial charge in [-0.2, -0.15) is 0 Å². The van der Waals surface area contributed by atoms with Gasteiger partial charge in [0.25, 0.3) is 0 Å². The van der Waals surface area contributed by atoms with Crippen molar-refractivity contribution in [2.75, 3.05) is 0 Å². The number of terminal acetylenes is 1. The molecule has 1 atom stereocenters. The quantitative estimate of drug-likeness (QED) is 0.579. The van der Waals surface area contributed by atoms with E-state index in [2.05, 4.69) is 0 Å². The Morgan fingerprint density at radius 2 is 2.20 bits per heavy atom. The number of halogens is 1. The third-order valence-electron chi connectivity index (χ3n) is 0.912. The largest absolute Gasteiger partial charge is 0.374 e. The number of hydrogen-bond donors (Lipinski definition) is 1. The predicted octanol–water partition coefficient (Wildman–Crippen LogP) is 1.49. The van der Waals surface area contributed by atoms with Gasteiger partial charge in [-0.15, -0.1) is 6.42 Å². The van der Waals surface area contributed by atoms with Crippen molar-refractivity contribution < 1.29 is 9.50 Å². The maximum atomic E-state index is 12.5. The van der Waals surface area contributed by atoms with Crippen LogP contribution in [0.3, 0.4) is 0 Å². The van der Waals surface area contributed by atoms with Crippen LogP contribution >= 0.6 is 0 Å². The molecule has 0 bridgehead atoms. The van der Waals surface area contributed by atoms with Crippen LogP contribution in [-0.4, -0.2) is 11.2 Å². The highest BCUT2D eigenvalue weighted by molar-refractivity contribution is 5.12. The lowest BCUT2D eigenvalue weighted by Gasteiger charge is -2.00. The summed E-state index contributed by atoms with van der Waals surface area (Å²) in [5.41, 5.74) is 0. The molecule has 0 aromatic heterocycles. The van der Waals surface area contributed by atoms with Crippen molar-refractivity contribution in [3.63, 3.8) is 0 Å². The Morgan fingerprint density at radius 1 is 1.70 bits per heavy atom. The molecule has 0 aliphatic heterocycles. The van der Waals surface area contributed by atoms with Crippen LogP contribution in [0.2, 0.25) is 0 Å². The monoisotopic (exact) mass is 142 g/mol. The number of aliphatic hydroxyl groups is 1. The normalized spacial score (nSPS) is 15.0. The predicted molar refractivity (Wildman–Crippen MR) is 38.9 cm³/mol. The molecule has 0 aromatic carbocycles. The van der Waals surface area contributed by atoms with Gasteiger partial charge in [0, 0.05) is 0 Å². The Kier molecular flexibility index (Phi) is 3.75. The minimum atomic E-state index is -1.37. The van der Waals surface area contributed by atoms with Crippen LogP contribution in [0, 0.1) is 18.3 Å². The first kappa shape index (κ1) is 9.19. The molecule has 0 aromatic rings. The van der Waals surface area contributed by atoms with E-state index in [9.17, 15) is 4.39 Å². The Bertz CT molecular complexity index is 165. The van der Waals surface area contributed by atoms with Crippen molar-refractivity contribution in [2.24, 2.45) is 5.92 Å². The van der Waals surface area contributed by atoms with Gasteiger partial charge in [0.2, 0.25) is 0 Å². The lowest BCUT2D eigenvalue weighted by molar-refractivity contribution is 0.235. The van der Waals surface area contributed by atoms with E-state index in [0.717, 1.165) is 0 Å². The van der Waals surface area contributed by atoms with Gasteiger partial charge < -0.3 is 5.11 Å². The Labute approximate surface area is 60.6 Å². The highest BCUT2D eigenvalue weighted by Crippen LogP contribution is 2.07. The van der Waals surface area contributed by atoms with Crippen LogP contribution in [-0.2, 0) is 0 Å². The van der Waals surface area contributed by atoms with Crippen LogP contribution in [0.5, 0.6) is 0 Å². The van der Waals surface area contributed by atoms with Gasteiger partial charge in [-0.3, -0.25) is 0 Å². The number of rotatable bonds is 2. The molecule has 56 valence electrons. The molecule has 0 aliphatic carbocycles. The van der Waals surface area contributed by atoms with Crippen molar-refractivity contribution in [3.05, 3.63) is 11.9 Å². The standard InChI is InChI=1S/C8H11FO/c1-4-8(10)7(9)5-6(2)3/h1,5-6,8,10H,2-3H3/b7-5-. The Hall–Kier alpha value is -0.810. The van der Waals surface area contributed by atoms with E-state index in [0.29, 0.717) is 0 Å². The van der Waals surface area contributed by atoms with Crippen molar-refractivity contribution in [1.29, 1.82) is 0 Å². The van der Waals surface area contributed by atoms with E-state index in [1.165, 1.54) is 6.08 Å². The van der Waals surface area contributed by atoms with Gasteiger partial charge in [-0.1, -0.05) is 19.8 Å². The first-order chi connectivity index (χ1) is 4.57. The Morgan fingerprint density at radius 3 is 2.50 bits per heavy atom. The Balaban J connectivity index is 4.08. The number of hydrogen-bond acceptors (Lipinski definition) is 1. The van der Waals surface area contributed by atoms with Crippen LogP contribution in [0.1, 0.15) is 13.8 Å². The highest BCUT2D eigenvalue weighted by atomic mass is 19.1. The summed E-state index contributed by atoms with van der Waals surface area (Å²) in [7, 11) is 0. The molecular weight excluding hydrogens is 131 g/mol. The molecule has 0 fully saturated rings. The van der Waals surface area contributed by atoms with Crippen molar-refractivity contribution in [3.8, 4) is 12.3 Å². The van der Waals surface area contributed by atoms with E-state index in [-0.39, 0.29) is 5.92 Å². The first-order valence-corrected chi connectivity index (χ1v) is 3.09. The van der Waals surface area contributed by atoms with Crippen molar-refractivity contribution in [1.82, 2.24) is 0 Å². The average Bonchev–Trinajstić information content (AvgIpc) is 1.85. The second-order valence-corrected chi connectivity index (χ2v) is 2.36. The fourth-order valence-corrected chi connectivity index (χ4v) is 0.489. The maximum Gasteiger partial charge on any atom is 0.165 e. The zero-order valence-electron chi connectivity index (χ0n) is 6.13. The first-order valence-electron chi connectivity index (χ1n) is 3.09. The number of aliphatic hydroxyl groups excluding tert-OH is 1. The minimum Gasteiger partial charge on any atom is -0.374 e. The summed E-state index contributed by atoms with van der Waals surface area (Å²) in [4.78, 5) is 0. The summed E-state index contributed by atoms with van der Waals surface area (Å²) in [6, 6.07) is 0. The highest BCUT2D eigenvalue weighted by Gasteiger charge is 2.05. The van der Waals surface area contributed by atoms with Crippen LogP contribution in [0.25, 0.3) is 0 Å². The molecular formula is C8H11FO. The van der Waals surface area contributed by atoms with Gasteiger partial charge in [-0.25, -0.2) is 4.39 Å². The van der Waals surface area contributed by atoms with E-state index in [1.807, 2.05) is 19.8 Å². The maximum absolute atomic E-state index is 12.5. The summed E-state index contributed by atoms with van der Waals surface area (Å²) in [6.07, 6.45) is 4.69.